The van der Waals surface area contributed by atoms with E-state index in [2.05, 4.69) is 63.0 Å². The van der Waals surface area contributed by atoms with Crippen LogP contribution in [0.25, 0.3) is 10.8 Å². The first-order valence-corrected chi connectivity index (χ1v) is 7.28. The minimum atomic E-state index is 0.593. The maximum Gasteiger partial charge on any atom is 0.0422 e. The number of hydrogen-bond acceptors (Lipinski definition) is 2. The molecule has 3 rings (SSSR count). The van der Waals surface area contributed by atoms with Crippen molar-refractivity contribution in [2.75, 3.05) is 18.4 Å². The predicted octanol–water partition coefficient (Wildman–Crippen LogP) is 3.77. The van der Waals surface area contributed by atoms with Crippen LogP contribution in [0.2, 0.25) is 0 Å². The molecular formula is C15H17BrN2. The lowest BCUT2D eigenvalue weighted by molar-refractivity contribution is 0.479. The quantitative estimate of drug-likeness (QED) is 0.882. The van der Waals surface area contributed by atoms with E-state index in [-0.39, 0.29) is 0 Å². The molecule has 0 saturated carbocycles. The standard InChI is InChI=1S/C15H17BrN2/c16-14-5-6-15(13-4-2-1-3-12(13)14)18-11-7-9-17-10-8-11/h1-6,11,17-18H,7-10H2. The van der Waals surface area contributed by atoms with Crippen LogP contribution in [0, 0.1) is 0 Å². The molecule has 0 spiro atoms. The van der Waals surface area contributed by atoms with Crippen LogP contribution in [-0.2, 0) is 0 Å². The van der Waals surface area contributed by atoms with Crippen LogP contribution in [0.15, 0.2) is 40.9 Å². The van der Waals surface area contributed by atoms with Gasteiger partial charge in [0.05, 0.1) is 0 Å². The molecule has 0 aromatic heterocycles. The summed E-state index contributed by atoms with van der Waals surface area (Å²) in [5.74, 6) is 0. The molecule has 0 aliphatic carbocycles. The Balaban J connectivity index is 1.94. The van der Waals surface area contributed by atoms with Crippen LogP contribution >= 0.6 is 15.9 Å². The molecule has 94 valence electrons. The molecule has 2 nitrogen and oxygen atoms in total. The molecule has 2 aromatic rings. The van der Waals surface area contributed by atoms with Gasteiger partial charge in [0.15, 0.2) is 0 Å². The van der Waals surface area contributed by atoms with Crippen LogP contribution in [0.3, 0.4) is 0 Å². The number of hydrogen-bond donors (Lipinski definition) is 2. The molecule has 2 aromatic carbocycles. The average Bonchev–Trinajstić information content (AvgIpc) is 2.44. The SMILES string of the molecule is Brc1ccc(NC2CCNCC2)c2ccccc12. The lowest BCUT2D eigenvalue weighted by Gasteiger charge is -2.25. The van der Waals surface area contributed by atoms with Gasteiger partial charge in [0.2, 0.25) is 0 Å². The van der Waals surface area contributed by atoms with Gasteiger partial charge in [-0.05, 0) is 43.5 Å². The second-order valence-electron chi connectivity index (χ2n) is 4.81. The van der Waals surface area contributed by atoms with Gasteiger partial charge in [-0.1, -0.05) is 40.2 Å². The highest BCUT2D eigenvalue weighted by atomic mass is 79.9. The first-order valence-electron chi connectivity index (χ1n) is 6.49. The molecule has 0 atom stereocenters. The molecule has 0 bridgehead atoms. The smallest absolute Gasteiger partial charge is 0.0422 e. The Morgan fingerprint density at radius 2 is 1.72 bits per heavy atom. The first kappa shape index (κ1) is 12.0. The highest BCUT2D eigenvalue weighted by Gasteiger charge is 2.13. The van der Waals surface area contributed by atoms with Crippen molar-refractivity contribution >= 4 is 32.4 Å². The highest BCUT2D eigenvalue weighted by Crippen LogP contribution is 2.30. The fourth-order valence-corrected chi connectivity index (χ4v) is 3.05. The van der Waals surface area contributed by atoms with Crippen molar-refractivity contribution in [2.24, 2.45) is 0 Å². The number of nitrogens with one attached hydrogen (secondary N) is 2. The molecule has 0 radical (unpaired) electrons. The van der Waals surface area contributed by atoms with Gasteiger partial charge in [0.25, 0.3) is 0 Å². The summed E-state index contributed by atoms with van der Waals surface area (Å²) in [5.41, 5.74) is 1.25. The molecule has 1 fully saturated rings. The maximum atomic E-state index is 3.69. The molecular weight excluding hydrogens is 288 g/mol. The molecule has 0 unspecified atom stereocenters. The van der Waals surface area contributed by atoms with E-state index in [0.717, 1.165) is 17.6 Å². The van der Waals surface area contributed by atoms with E-state index in [1.165, 1.54) is 29.3 Å². The second kappa shape index (κ2) is 5.29. The predicted molar refractivity (Wildman–Crippen MR) is 81.2 cm³/mol. The van der Waals surface area contributed by atoms with E-state index in [1.54, 1.807) is 0 Å². The molecule has 3 heteroatoms. The molecule has 0 amide bonds. The number of benzene rings is 2. The normalized spacial score (nSPS) is 16.9. The summed E-state index contributed by atoms with van der Waals surface area (Å²) in [7, 11) is 0. The van der Waals surface area contributed by atoms with E-state index in [0.29, 0.717) is 6.04 Å². The minimum Gasteiger partial charge on any atom is -0.382 e. The van der Waals surface area contributed by atoms with Crippen LogP contribution in [-0.4, -0.2) is 19.1 Å². The number of rotatable bonds is 2. The minimum absolute atomic E-state index is 0.593. The highest BCUT2D eigenvalue weighted by molar-refractivity contribution is 9.10. The summed E-state index contributed by atoms with van der Waals surface area (Å²) in [5, 5.41) is 9.66. The molecule has 1 aliphatic heterocycles. The third-order valence-corrected chi connectivity index (χ3v) is 4.26. The Morgan fingerprint density at radius 1 is 1.00 bits per heavy atom. The third-order valence-electron chi connectivity index (χ3n) is 3.57. The van der Waals surface area contributed by atoms with Crippen LogP contribution in [0.5, 0.6) is 0 Å². The Labute approximate surface area is 116 Å². The van der Waals surface area contributed by atoms with E-state index in [1.807, 2.05) is 0 Å². The molecule has 18 heavy (non-hydrogen) atoms. The zero-order chi connectivity index (χ0) is 12.4. The van der Waals surface area contributed by atoms with Gasteiger partial charge < -0.3 is 10.6 Å². The van der Waals surface area contributed by atoms with Gasteiger partial charge in [-0.25, -0.2) is 0 Å². The summed E-state index contributed by atoms with van der Waals surface area (Å²) in [6.07, 6.45) is 2.40. The van der Waals surface area contributed by atoms with E-state index < -0.39 is 0 Å². The van der Waals surface area contributed by atoms with Crippen molar-refractivity contribution < 1.29 is 0 Å². The average molecular weight is 305 g/mol. The Morgan fingerprint density at radius 3 is 2.50 bits per heavy atom. The summed E-state index contributed by atoms with van der Waals surface area (Å²) in [6.45, 7) is 2.23. The fourth-order valence-electron chi connectivity index (χ4n) is 2.57. The molecule has 1 heterocycles. The Kier molecular flexibility index (Phi) is 3.52. The monoisotopic (exact) mass is 304 g/mol. The van der Waals surface area contributed by atoms with Gasteiger partial charge in [0, 0.05) is 21.6 Å². The van der Waals surface area contributed by atoms with Crippen molar-refractivity contribution in [1.82, 2.24) is 5.32 Å². The summed E-state index contributed by atoms with van der Waals surface area (Å²) < 4.78 is 1.16. The van der Waals surface area contributed by atoms with Crippen LogP contribution < -0.4 is 10.6 Å². The largest absolute Gasteiger partial charge is 0.382 e. The van der Waals surface area contributed by atoms with Gasteiger partial charge >= 0.3 is 0 Å². The topological polar surface area (TPSA) is 24.1 Å². The van der Waals surface area contributed by atoms with E-state index in [9.17, 15) is 0 Å². The fraction of sp³-hybridized carbons (Fsp3) is 0.333. The second-order valence-corrected chi connectivity index (χ2v) is 5.66. The van der Waals surface area contributed by atoms with E-state index >= 15 is 0 Å². The van der Waals surface area contributed by atoms with Crippen LogP contribution in [0.1, 0.15) is 12.8 Å². The van der Waals surface area contributed by atoms with E-state index in [4.69, 9.17) is 0 Å². The summed E-state index contributed by atoms with van der Waals surface area (Å²) >= 11 is 3.62. The van der Waals surface area contributed by atoms with Gasteiger partial charge in [-0.3, -0.25) is 0 Å². The van der Waals surface area contributed by atoms with Gasteiger partial charge in [-0.15, -0.1) is 0 Å². The molecule has 2 N–H and O–H groups in total. The summed E-state index contributed by atoms with van der Waals surface area (Å²) in [6, 6.07) is 13.4. The lowest BCUT2D eigenvalue weighted by atomic mass is 10.0. The molecule has 1 aliphatic rings. The van der Waals surface area contributed by atoms with Crippen LogP contribution in [0.4, 0.5) is 5.69 Å². The zero-order valence-electron chi connectivity index (χ0n) is 10.2. The van der Waals surface area contributed by atoms with Crippen molar-refractivity contribution in [2.45, 2.75) is 18.9 Å². The lowest BCUT2D eigenvalue weighted by Crippen LogP contribution is -2.35. The number of piperidine rings is 1. The molecule has 1 saturated heterocycles. The van der Waals surface area contributed by atoms with Crippen molar-refractivity contribution in [3.05, 3.63) is 40.9 Å². The first-order chi connectivity index (χ1) is 8.84. The third kappa shape index (κ3) is 2.38. The Bertz CT molecular complexity index is 547. The number of fused-ring (bicyclic) bond motifs is 1. The maximum absolute atomic E-state index is 3.69. The number of halogens is 1. The Hall–Kier alpha value is -1.06. The van der Waals surface area contributed by atoms with Crippen molar-refractivity contribution in [1.29, 1.82) is 0 Å². The van der Waals surface area contributed by atoms with Crippen molar-refractivity contribution in [3.8, 4) is 0 Å². The van der Waals surface area contributed by atoms with Crippen molar-refractivity contribution in [3.63, 3.8) is 0 Å². The zero-order valence-corrected chi connectivity index (χ0v) is 11.8. The summed E-state index contributed by atoms with van der Waals surface area (Å²) in [4.78, 5) is 0. The van der Waals surface area contributed by atoms with Gasteiger partial charge in [-0.2, -0.15) is 0 Å². The van der Waals surface area contributed by atoms with Gasteiger partial charge in [0.1, 0.15) is 0 Å². The number of anilines is 1.